The number of carboxylic acids is 2. The third-order valence-electron chi connectivity index (χ3n) is 1.06. The zero-order valence-electron chi connectivity index (χ0n) is 7.32. The first-order chi connectivity index (χ1) is 6.78. The van der Waals surface area contributed by atoms with E-state index >= 15 is 0 Å². The van der Waals surface area contributed by atoms with Gasteiger partial charge < -0.3 is 14.4 Å². The molecule has 0 bridgehead atoms. The van der Waals surface area contributed by atoms with Crippen molar-refractivity contribution < 1.29 is 36.6 Å². The second kappa shape index (κ2) is 7.63. The van der Waals surface area contributed by atoms with Crippen molar-refractivity contribution in [2.24, 2.45) is 0 Å². The van der Waals surface area contributed by atoms with Crippen LogP contribution in [-0.4, -0.2) is 66.2 Å². The van der Waals surface area contributed by atoms with Crippen LogP contribution < -0.4 is 0 Å². The first-order valence-electron chi connectivity index (χ1n) is 3.45. The van der Waals surface area contributed by atoms with Gasteiger partial charge in [0.2, 0.25) is 0 Å². The van der Waals surface area contributed by atoms with E-state index in [2.05, 4.69) is 14.9 Å². The molecule has 0 heterocycles. The minimum absolute atomic E-state index is 0. The summed E-state index contributed by atoms with van der Waals surface area (Å²) in [5.41, 5.74) is 0. The molecule has 10 heteroatoms. The van der Waals surface area contributed by atoms with Crippen molar-refractivity contribution in [1.82, 2.24) is 0 Å². The van der Waals surface area contributed by atoms with Gasteiger partial charge in [-0.3, -0.25) is 4.79 Å². The average Bonchev–Trinajstić information content (AvgIpc) is 2.00. The predicted octanol–water partition coefficient (Wildman–Crippen LogP) is -1.31. The summed E-state index contributed by atoms with van der Waals surface area (Å²) >= 11 is 0. The third-order valence-corrected chi connectivity index (χ3v) is 1.90. The van der Waals surface area contributed by atoms with Crippen LogP contribution in [0.2, 0.25) is 0 Å². The van der Waals surface area contributed by atoms with Crippen LogP contribution in [0, 0.1) is 0 Å². The standard InChI is InChI=1S/C6H8O8S.Na.H/c1-2-13-15(11,12)14-4(6(9)10)3-5(7)8;;/h2,4H,1,3H2,(H,7,8)(H,9,10);;. The fraction of sp³-hybridized carbons (Fsp3) is 0.333. The minimum atomic E-state index is -4.58. The van der Waals surface area contributed by atoms with E-state index in [0.29, 0.717) is 6.26 Å². The average molecular weight is 264 g/mol. The van der Waals surface area contributed by atoms with Gasteiger partial charge in [0.05, 0.1) is 6.42 Å². The number of hydrogen-bond donors (Lipinski definition) is 2. The summed E-state index contributed by atoms with van der Waals surface area (Å²) in [6.07, 6.45) is -2.53. The van der Waals surface area contributed by atoms with E-state index in [1.807, 2.05) is 0 Å². The number of hydrogen-bond acceptors (Lipinski definition) is 6. The second-order valence-electron chi connectivity index (χ2n) is 2.19. The molecule has 0 saturated heterocycles. The molecule has 0 aromatic heterocycles. The molecular formula is C6H9NaO8S. The zero-order valence-corrected chi connectivity index (χ0v) is 8.14. The molecule has 0 saturated carbocycles. The first-order valence-corrected chi connectivity index (χ1v) is 4.79. The Hall–Kier alpha value is -0.610. The molecule has 1 atom stereocenters. The molecule has 0 rings (SSSR count). The van der Waals surface area contributed by atoms with Crippen LogP contribution in [0.25, 0.3) is 0 Å². The van der Waals surface area contributed by atoms with Gasteiger partial charge in [-0.05, 0) is 0 Å². The van der Waals surface area contributed by atoms with E-state index in [4.69, 9.17) is 10.2 Å². The van der Waals surface area contributed by atoms with Crippen molar-refractivity contribution in [2.45, 2.75) is 12.5 Å². The summed E-state index contributed by atoms with van der Waals surface area (Å²) in [6, 6.07) is 0. The molecule has 16 heavy (non-hydrogen) atoms. The fourth-order valence-corrected chi connectivity index (χ4v) is 1.22. The Morgan fingerprint density at radius 3 is 2.19 bits per heavy atom. The molecule has 0 amide bonds. The van der Waals surface area contributed by atoms with Crippen LogP contribution in [0.5, 0.6) is 0 Å². The Bertz CT molecular complexity index is 361. The Balaban J connectivity index is 0. The van der Waals surface area contributed by atoms with Crippen molar-refractivity contribution in [2.75, 3.05) is 0 Å². The van der Waals surface area contributed by atoms with Crippen LogP contribution in [-0.2, 0) is 28.4 Å². The third kappa shape index (κ3) is 7.65. The van der Waals surface area contributed by atoms with E-state index in [9.17, 15) is 18.0 Å². The number of carboxylic acid groups (broad SMARTS) is 2. The molecule has 88 valence electrons. The summed E-state index contributed by atoms with van der Waals surface area (Å²) in [6.45, 7) is 2.91. The molecule has 0 radical (unpaired) electrons. The normalized spacial score (nSPS) is 12.0. The van der Waals surface area contributed by atoms with E-state index in [0.717, 1.165) is 0 Å². The maximum atomic E-state index is 10.8. The molecule has 0 spiro atoms. The maximum absolute atomic E-state index is 10.8. The Morgan fingerprint density at radius 1 is 1.38 bits per heavy atom. The fourth-order valence-electron chi connectivity index (χ4n) is 0.569. The Kier molecular flexibility index (Phi) is 8.47. The van der Waals surface area contributed by atoms with Gasteiger partial charge in [0.15, 0.2) is 6.10 Å². The molecule has 0 aliphatic rings. The molecule has 0 aliphatic carbocycles. The van der Waals surface area contributed by atoms with Crippen LogP contribution >= 0.6 is 0 Å². The number of rotatable bonds is 7. The van der Waals surface area contributed by atoms with Crippen molar-refractivity contribution in [3.8, 4) is 0 Å². The van der Waals surface area contributed by atoms with E-state index in [1.54, 1.807) is 0 Å². The van der Waals surface area contributed by atoms with Crippen LogP contribution in [0.1, 0.15) is 6.42 Å². The monoisotopic (exact) mass is 264 g/mol. The molecule has 0 aromatic rings. The summed E-state index contributed by atoms with van der Waals surface area (Å²) in [5.74, 6) is -3.25. The summed E-state index contributed by atoms with van der Waals surface area (Å²) in [4.78, 5) is 20.5. The van der Waals surface area contributed by atoms with Gasteiger partial charge in [-0.15, -0.1) is 0 Å². The summed E-state index contributed by atoms with van der Waals surface area (Å²) in [7, 11) is -4.58. The van der Waals surface area contributed by atoms with E-state index in [1.165, 1.54) is 0 Å². The topological polar surface area (TPSA) is 127 Å². The van der Waals surface area contributed by atoms with Gasteiger partial charge in [0, 0.05) is 0 Å². The Morgan fingerprint density at radius 2 is 1.88 bits per heavy atom. The van der Waals surface area contributed by atoms with Gasteiger partial charge in [-0.2, -0.15) is 8.42 Å². The van der Waals surface area contributed by atoms with Gasteiger partial charge in [-0.25, -0.2) is 8.98 Å². The molecule has 1 unspecified atom stereocenters. The van der Waals surface area contributed by atoms with Crippen LogP contribution in [0.4, 0.5) is 0 Å². The quantitative estimate of drug-likeness (QED) is 0.428. The Labute approximate surface area is 113 Å². The van der Waals surface area contributed by atoms with Crippen LogP contribution in [0.3, 0.4) is 0 Å². The zero-order chi connectivity index (χ0) is 12.1. The first kappa shape index (κ1) is 17.8. The van der Waals surface area contributed by atoms with Gasteiger partial charge in [0.25, 0.3) is 0 Å². The number of carbonyl (C=O) groups is 2. The second-order valence-corrected chi connectivity index (χ2v) is 3.39. The molecule has 0 fully saturated rings. The van der Waals surface area contributed by atoms with E-state index in [-0.39, 0.29) is 29.6 Å². The van der Waals surface area contributed by atoms with E-state index < -0.39 is 34.9 Å². The molecular weight excluding hydrogens is 255 g/mol. The SMILES string of the molecule is C=COS(=O)(=O)OC(CC(=O)O)C(=O)O.[NaH]. The molecule has 0 aromatic carbocycles. The molecule has 2 N–H and O–H groups in total. The molecule has 8 nitrogen and oxygen atoms in total. The summed E-state index contributed by atoms with van der Waals surface area (Å²) in [5, 5.41) is 16.7. The predicted molar refractivity (Wildman–Crippen MR) is 52.1 cm³/mol. The van der Waals surface area contributed by atoms with Gasteiger partial charge in [-0.1, -0.05) is 6.58 Å². The van der Waals surface area contributed by atoms with Gasteiger partial charge in [0.1, 0.15) is 6.26 Å². The summed E-state index contributed by atoms with van der Waals surface area (Å²) < 4.78 is 29.3. The van der Waals surface area contributed by atoms with Crippen LogP contribution in [0.15, 0.2) is 12.8 Å². The van der Waals surface area contributed by atoms with Crippen molar-refractivity contribution in [1.29, 1.82) is 0 Å². The van der Waals surface area contributed by atoms with Crippen molar-refractivity contribution in [3.63, 3.8) is 0 Å². The van der Waals surface area contributed by atoms with Crippen molar-refractivity contribution >= 4 is 51.9 Å². The van der Waals surface area contributed by atoms with Gasteiger partial charge >= 0.3 is 51.9 Å². The van der Waals surface area contributed by atoms with Crippen molar-refractivity contribution in [3.05, 3.63) is 12.8 Å². The molecule has 0 aliphatic heterocycles. The number of aliphatic carboxylic acids is 2.